The summed E-state index contributed by atoms with van der Waals surface area (Å²) < 4.78 is 11.8. The molecule has 1 rings (SSSR count). The van der Waals surface area contributed by atoms with Gasteiger partial charge in [-0.05, 0) is 6.92 Å². The van der Waals surface area contributed by atoms with Gasteiger partial charge in [-0.15, -0.1) is 0 Å². The molecular weight excluding hydrogens is 121 g/mol. The van der Waals surface area contributed by atoms with Crippen molar-refractivity contribution in [2.45, 2.75) is 13.0 Å². The van der Waals surface area contributed by atoms with Gasteiger partial charge in [0.2, 0.25) is 0 Å². The number of alkyl halides is 1. The Morgan fingerprint density at radius 2 is 2.56 bits per heavy atom. The first-order valence-corrected chi connectivity index (χ1v) is 2.81. The normalized spacial score (nSPS) is 25.8. The molecule has 1 heterocycles. The molecule has 0 aromatic carbocycles. The lowest BCUT2D eigenvalue weighted by atomic mass is 10.1. The summed E-state index contributed by atoms with van der Waals surface area (Å²) in [5.74, 6) is -0.127. The fourth-order valence-electron chi connectivity index (χ4n) is 0.755. The summed E-state index contributed by atoms with van der Waals surface area (Å²) in [5.41, 5.74) is 0.252. The van der Waals surface area contributed by atoms with Gasteiger partial charge in [0.15, 0.2) is 5.78 Å². The summed E-state index contributed by atoms with van der Waals surface area (Å²) in [6.07, 6.45) is 1.44. The second kappa shape index (κ2) is 2.17. The maximum absolute atomic E-state index is 11.8. The zero-order chi connectivity index (χ0) is 6.85. The minimum atomic E-state index is -0.657. The minimum Gasteiger partial charge on any atom is -0.381 e. The predicted molar refractivity (Wildman–Crippen MR) is 31.7 cm³/mol. The molecule has 1 atom stereocenters. The van der Waals surface area contributed by atoms with E-state index in [1.54, 1.807) is 6.92 Å². The van der Waals surface area contributed by atoms with E-state index in [1.807, 2.05) is 0 Å². The van der Waals surface area contributed by atoms with Gasteiger partial charge in [-0.1, -0.05) is 0 Å². The smallest absolute Gasteiger partial charge is 0.184 e. The molecule has 0 spiro atoms. The molecule has 50 valence electrons. The quantitative estimate of drug-likeness (QED) is 0.555. The van der Waals surface area contributed by atoms with Gasteiger partial charge in [-0.3, -0.25) is 4.79 Å². The van der Waals surface area contributed by atoms with Crippen LogP contribution in [0.15, 0.2) is 11.8 Å². The summed E-state index contributed by atoms with van der Waals surface area (Å²) in [7, 11) is 0. The monoisotopic (exact) mass is 129 g/mol. The number of carbonyl (C=O) groups excluding carboxylic acids is 1. The fraction of sp³-hybridized carbons (Fsp3) is 0.500. The molecule has 0 saturated heterocycles. The van der Waals surface area contributed by atoms with Crippen LogP contribution in [0.5, 0.6) is 0 Å². The van der Waals surface area contributed by atoms with Crippen LogP contribution in [-0.4, -0.2) is 18.5 Å². The first-order chi connectivity index (χ1) is 4.25. The second-order valence-corrected chi connectivity index (χ2v) is 2.06. The molecule has 0 amide bonds. The summed E-state index contributed by atoms with van der Waals surface area (Å²) >= 11 is 0. The van der Waals surface area contributed by atoms with E-state index in [0.29, 0.717) is 0 Å². The van der Waals surface area contributed by atoms with Crippen molar-refractivity contribution in [2.24, 2.45) is 0 Å². The van der Waals surface area contributed by atoms with Gasteiger partial charge >= 0.3 is 0 Å². The topological polar surface area (TPSA) is 29.1 Å². The summed E-state index contributed by atoms with van der Waals surface area (Å²) in [6.45, 7) is 1.05. The van der Waals surface area contributed by atoms with Crippen LogP contribution in [0.25, 0.3) is 0 Å². The number of rotatable bonds is 1. The maximum Gasteiger partial charge on any atom is 0.184 e. The Bertz CT molecular complexity index is 164. The van der Waals surface area contributed by atoms with Crippen LogP contribution < -0.4 is 5.32 Å². The van der Waals surface area contributed by atoms with Crippen molar-refractivity contribution in [1.29, 1.82) is 0 Å². The average molecular weight is 129 g/mol. The van der Waals surface area contributed by atoms with Crippen LogP contribution in [0.4, 0.5) is 4.39 Å². The van der Waals surface area contributed by atoms with Crippen LogP contribution in [0.2, 0.25) is 0 Å². The number of hydrogen-bond acceptors (Lipinski definition) is 2. The Morgan fingerprint density at radius 3 is 2.78 bits per heavy atom. The van der Waals surface area contributed by atoms with Crippen molar-refractivity contribution in [3.63, 3.8) is 0 Å². The average Bonchev–Trinajstić information content (AvgIpc) is 2.15. The van der Waals surface area contributed by atoms with Crippen molar-refractivity contribution >= 4 is 5.78 Å². The predicted octanol–water partition coefficient (Wildman–Crippen LogP) is 0.401. The summed E-state index contributed by atoms with van der Waals surface area (Å²) in [4.78, 5) is 10.8. The Balaban J connectivity index is 2.67. The van der Waals surface area contributed by atoms with E-state index >= 15 is 0 Å². The standard InChI is InChI=1S/C6H8FNO/c1-4-6(9)5(2-7)3-8-4/h3-4,8H,2H2,1H3. The largest absolute Gasteiger partial charge is 0.381 e. The van der Waals surface area contributed by atoms with E-state index in [-0.39, 0.29) is 17.4 Å². The number of carbonyl (C=O) groups is 1. The van der Waals surface area contributed by atoms with Gasteiger partial charge in [-0.2, -0.15) is 0 Å². The maximum atomic E-state index is 11.8. The first kappa shape index (κ1) is 6.26. The SMILES string of the molecule is CC1NC=C(CF)C1=O. The van der Waals surface area contributed by atoms with Gasteiger partial charge in [0, 0.05) is 11.8 Å². The lowest BCUT2D eigenvalue weighted by molar-refractivity contribution is -0.116. The molecule has 0 radical (unpaired) electrons. The van der Waals surface area contributed by atoms with Crippen LogP contribution in [0.1, 0.15) is 6.92 Å². The molecule has 2 nitrogen and oxygen atoms in total. The molecule has 1 unspecified atom stereocenters. The van der Waals surface area contributed by atoms with E-state index in [0.717, 1.165) is 0 Å². The van der Waals surface area contributed by atoms with Crippen molar-refractivity contribution in [1.82, 2.24) is 5.32 Å². The number of nitrogens with one attached hydrogen (secondary N) is 1. The van der Waals surface area contributed by atoms with Crippen LogP contribution in [-0.2, 0) is 4.79 Å². The Hall–Kier alpha value is -0.860. The van der Waals surface area contributed by atoms with E-state index in [1.165, 1.54) is 6.20 Å². The highest BCUT2D eigenvalue weighted by molar-refractivity contribution is 6.01. The summed E-state index contributed by atoms with van der Waals surface area (Å²) in [5, 5.41) is 2.72. The zero-order valence-corrected chi connectivity index (χ0v) is 5.15. The van der Waals surface area contributed by atoms with E-state index in [4.69, 9.17) is 0 Å². The molecule has 0 bridgehead atoms. The second-order valence-electron chi connectivity index (χ2n) is 2.06. The zero-order valence-electron chi connectivity index (χ0n) is 5.15. The number of hydrogen-bond donors (Lipinski definition) is 1. The fourth-order valence-corrected chi connectivity index (χ4v) is 0.755. The number of Topliss-reactive ketones (excluding diaryl/α,β-unsaturated/α-hetero) is 1. The van der Waals surface area contributed by atoms with E-state index in [2.05, 4.69) is 5.32 Å². The first-order valence-electron chi connectivity index (χ1n) is 2.81. The highest BCUT2D eigenvalue weighted by Crippen LogP contribution is 2.06. The minimum absolute atomic E-state index is 0.127. The van der Waals surface area contributed by atoms with Crippen LogP contribution in [0.3, 0.4) is 0 Å². The van der Waals surface area contributed by atoms with Crippen molar-refractivity contribution < 1.29 is 9.18 Å². The van der Waals surface area contributed by atoms with Gasteiger partial charge in [-0.25, -0.2) is 4.39 Å². The third-order valence-corrected chi connectivity index (χ3v) is 1.36. The van der Waals surface area contributed by atoms with Crippen molar-refractivity contribution in [3.8, 4) is 0 Å². The van der Waals surface area contributed by atoms with Gasteiger partial charge in [0.25, 0.3) is 0 Å². The molecule has 1 N–H and O–H groups in total. The van der Waals surface area contributed by atoms with Gasteiger partial charge < -0.3 is 5.32 Å². The molecule has 0 fully saturated rings. The Kier molecular flexibility index (Phi) is 1.51. The van der Waals surface area contributed by atoms with Crippen molar-refractivity contribution in [3.05, 3.63) is 11.8 Å². The van der Waals surface area contributed by atoms with Gasteiger partial charge in [0.05, 0.1) is 6.04 Å². The number of ketones is 1. The molecule has 9 heavy (non-hydrogen) atoms. The molecule has 0 aliphatic carbocycles. The van der Waals surface area contributed by atoms with Gasteiger partial charge in [0.1, 0.15) is 6.67 Å². The molecule has 3 heteroatoms. The molecule has 0 aromatic heterocycles. The molecule has 0 aromatic rings. The number of halogens is 1. The molecular formula is C6H8FNO. The highest BCUT2D eigenvalue weighted by atomic mass is 19.1. The lowest BCUT2D eigenvalue weighted by Crippen LogP contribution is -2.23. The molecule has 1 aliphatic rings. The third kappa shape index (κ3) is 0.943. The molecule has 0 saturated carbocycles. The highest BCUT2D eigenvalue weighted by Gasteiger charge is 2.21. The Morgan fingerprint density at radius 1 is 1.89 bits per heavy atom. The Labute approximate surface area is 52.7 Å². The van der Waals surface area contributed by atoms with Crippen LogP contribution in [0, 0.1) is 0 Å². The van der Waals surface area contributed by atoms with Crippen LogP contribution >= 0.6 is 0 Å². The summed E-state index contributed by atoms with van der Waals surface area (Å²) in [6, 6.07) is -0.226. The van der Waals surface area contributed by atoms with E-state index < -0.39 is 6.67 Å². The third-order valence-electron chi connectivity index (χ3n) is 1.36. The molecule has 1 aliphatic heterocycles. The lowest BCUT2D eigenvalue weighted by Gasteiger charge is -1.98. The van der Waals surface area contributed by atoms with E-state index in [9.17, 15) is 9.18 Å². The van der Waals surface area contributed by atoms with Crippen molar-refractivity contribution in [2.75, 3.05) is 6.67 Å².